The molecule has 0 saturated heterocycles. The Kier molecular flexibility index (Phi) is 3.54. The zero-order chi connectivity index (χ0) is 14.9. The lowest BCUT2D eigenvalue weighted by molar-refractivity contribution is -0.130. The number of hydroxylamine groups is 2. The van der Waals surface area contributed by atoms with E-state index in [-0.39, 0.29) is 6.04 Å². The lowest BCUT2D eigenvalue weighted by Crippen LogP contribution is -2.30. The van der Waals surface area contributed by atoms with Crippen LogP contribution < -0.4 is 5.73 Å². The number of benzene rings is 1. The van der Waals surface area contributed by atoms with Crippen LogP contribution in [0.3, 0.4) is 0 Å². The first-order valence-electron chi connectivity index (χ1n) is 8.19. The number of rotatable bonds is 3. The summed E-state index contributed by atoms with van der Waals surface area (Å²) in [5, 5.41) is 3.17. The summed E-state index contributed by atoms with van der Waals surface area (Å²) in [6, 6.07) is 8.16. The molecule has 2 N–H and O–H groups in total. The number of hydrogen-bond acceptors (Lipinski definition) is 4. The van der Waals surface area contributed by atoms with E-state index in [9.17, 15) is 0 Å². The van der Waals surface area contributed by atoms with Gasteiger partial charge in [-0.15, -0.1) is 5.06 Å². The summed E-state index contributed by atoms with van der Waals surface area (Å²) in [4.78, 5) is 5.78. The summed E-state index contributed by atoms with van der Waals surface area (Å²) in [6.07, 6.45) is 10.4. The highest BCUT2D eigenvalue weighted by Crippen LogP contribution is 2.37. The Bertz CT molecular complexity index is 685. The van der Waals surface area contributed by atoms with Gasteiger partial charge in [0, 0.05) is 23.6 Å². The standard InChI is InChI=1S/C18H22N2O2/c19-18-10-16(15-12-21-17-9-5-4-8-14(15)17)20(22-18)11-13-6-2-1-3-7-13/h4-5,8-10,12-13,16H,1-3,6-7,11,19H2. The minimum Gasteiger partial charge on any atom is -0.464 e. The van der Waals surface area contributed by atoms with Crippen molar-refractivity contribution in [1.29, 1.82) is 0 Å². The molecule has 1 aliphatic heterocycles. The minimum atomic E-state index is 0.0468. The first-order chi connectivity index (χ1) is 10.8. The van der Waals surface area contributed by atoms with E-state index in [0.29, 0.717) is 11.8 Å². The first kappa shape index (κ1) is 13.7. The van der Waals surface area contributed by atoms with E-state index in [2.05, 4.69) is 6.07 Å². The highest BCUT2D eigenvalue weighted by atomic mass is 16.7. The van der Waals surface area contributed by atoms with Gasteiger partial charge < -0.3 is 15.0 Å². The molecule has 1 saturated carbocycles. The third-order valence-corrected chi connectivity index (χ3v) is 4.85. The topological polar surface area (TPSA) is 51.6 Å². The van der Waals surface area contributed by atoms with Crippen molar-refractivity contribution in [2.24, 2.45) is 11.7 Å². The fourth-order valence-electron chi connectivity index (χ4n) is 3.71. The lowest BCUT2D eigenvalue weighted by Gasteiger charge is -2.29. The normalized spacial score (nSPS) is 23.6. The van der Waals surface area contributed by atoms with Gasteiger partial charge in [-0.1, -0.05) is 37.5 Å². The molecular weight excluding hydrogens is 276 g/mol. The molecule has 1 fully saturated rings. The molecule has 1 aliphatic carbocycles. The van der Waals surface area contributed by atoms with Gasteiger partial charge in [0.1, 0.15) is 5.58 Å². The molecule has 1 unspecified atom stereocenters. The monoisotopic (exact) mass is 298 g/mol. The molecule has 1 aromatic heterocycles. The fraction of sp³-hybridized carbons (Fsp3) is 0.444. The van der Waals surface area contributed by atoms with Gasteiger partial charge in [0.05, 0.1) is 12.3 Å². The average Bonchev–Trinajstić information content (AvgIpc) is 3.11. The molecule has 2 heterocycles. The molecule has 2 aliphatic rings. The summed E-state index contributed by atoms with van der Waals surface area (Å²) in [7, 11) is 0. The second-order valence-corrected chi connectivity index (χ2v) is 6.40. The summed E-state index contributed by atoms with van der Waals surface area (Å²) in [5.74, 6) is 1.19. The minimum absolute atomic E-state index is 0.0468. The smallest absolute Gasteiger partial charge is 0.207 e. The van der Waals surface area contributed by atoms with Crippen molar-refractivity contribution in [2.45, 2.75) is 38.1 Å². The lowest BCUT2D eigenvalue weighted by atomic mass is 9.89. The molecule has 1 atom stereocenters. The van der Waals surface area contributed by atoms with Crippen molar-refractivity contribution in [1.82, 2.24) is 5.06 Å². The van der Waals surface area contributed by atoms with Gasteiger partial charge in [-0.3, -0.25) is 0 Å². The van der Waals surface area contributed by atoms with E-state index < -0.39 is 0 Å². The van der Waals surface area contributed by atoms with Crippen LogP contribution in [0.15, 0.2) is 46.9 Å². The predicted octanol–water partition coefficient (Wildman–Crippen LogP) is 4.10. The maximum absolute atomic E-state index is 5.94. The molecule has 116 valence electrons. The summed E-state index contributed by atoms with van der Waals surface area (Å²) < 4.78 is 5.68. The van der Waals surface area contributed by atoms with Crippen LogP contribution in [0, 0.1) is 5.92 Å². The molecule has 4 nitrogen and oxygen atoms in total. The molecule has 1 aromatic carbocycles. The number of hydrogen-bond donors (Lipinski definition) is 1. The number of furan rings is 1. The van der Waals surface area contributed by atoms with Crippen molar-refractivity contribution >= 4 is 11.0 Å². The SMILES string of the molecule is NC1=CC(c2coc3ccccc23)N(CC2CCCCC2)O1. The second-order valence-electron chi connectivity index (χ2n) is 6.40. The molecule has 0 amide bonds. The van der Waals surface area contributed by atoms with Crippen molar-refractivity contribution < 1.29 is 9.25 Å². The Balaban J connectivity index is 1.60. The van der Waals surface area contributed by atoms with Gasteiger partial charge in [-0.2, -0.15) is 0 Å². The van der Waals surface area contributed by atoms with Crippen LogP contribution in [0.4, 0.5) is 0 Å². The molecule has 0 spiro atoms. The van der Waals surface area contributed by atoms with E-state index in [1.165, 1.54) is 32.1 Å². The fourth-order valence-corrected chi connectivity index (χ4v) is 3.71. The van der Waals surface area contributed by atoms with E-state index in [1.54, 1.807) is 0 Å². The van der Waals surface area contributed by atoms with Crippen molar-refractivity contribution in [3.63, 3.8) is 0 Å². The average molecular weight is 298 g/mol. The second kappa shape index (κ2) is 5.69. The molecule has 2 aromatic rings. The van der Waals surface area contributed by atoms with Crippen LogP contribution in [0.5, 0.6) is 0 Å². The van der Waals surface area contributed by atoms with Gasteiger partial charge >= 0.3 is 0 Å². The van der Waals surface area contributed by atoms with Crippen molar-refractivity contribution in [3.8, 4) is 0 Å². The molecule has 4 heteroatoms. The van der Waals surface area contributed by atoms with E-state index in [0.717, 1.165) is 23.1 Å². The van der Waals surface area contributed by atoms with Crippen LogP contribution in [-0.2, 0) is 4.84 Å². The molecule has 0 radical (unpaired) electrons. The van der Waals surface area contributed by atoms with Gasteiger partial charge in [0.15, 0.2) is 0 Å². The Morgan fingerprint density at radius 2 is 1.95 bits per heavy atom. The number of nitrogens with zero attached hydrogens (tertiary/aromatic N) is 1. The largest absolute Gasteiger partial charge is 0.464 e. The quantitative estimate of drug-likeness (QED) is 0.926. The predicted molar refractivity (Wildman–Crippen MR) is 85.6 cm³/mol. The maximum Gasteiger partial charge on any atom is 0.207 e. The summed E-state index contributed by atoms with van der Waals surface area (Å²) in [6.45, 7) is 0.932. The Labute approximate surface area is 130 Å². The third kappa shape index (κ3) is 2.48. The van der Waals surface area contributed by atoms with Crippen LogP contribution in [-0.4, -0.2) is 11.6 Å². The van der Waals surface area contributed by atoms with Crippen molar-refractivity contribution in [2.75, 3.05) is 6.54 Å². The van der Waals surface area contributed by atoms with Gasteiger partial charge in [0.2, 0.25) is 5.88 Å². The first-order valence-corrected chi connectivity index (χ1v) is 8.19. The Hall–Kier alpha value is -1.94. The van der Waals surface area contributed by atoms with E-state index in [1.807, 2.05) is 35.6 Å². The number of nitrogens with two attached hydrogens (primary N) is 1. The summed E-state index contributed by atoms with van der Waals surface area (Å²) in [5.41, 5.74) is 7.98. The third-order valence-electron chi connectivity index (χ3n) is 4.85. The zero-order valence-corrected chi connectivity index (χ0v) is 12.7. The molecule has 22 heavy (non-hydrogen) atoms. The van der Waals surface area contributed by atoms with Crippen LogP contribution >= 0.6 is 0 Å². The highest BCUT2D eigenvalue weighted by molar-refractivity contribution is 5.81. The van der Waals surface area contributed by atoms with Crippen LogP contribution in [0.2, 0.25) is 0 Å². The number of fused-ring (bicyclic) bond motifs is 1. The van der Waals surface area contributed by atoms with Gasteiger partial charge in [-0.05, 0) is 24.8 Å². The number of para-hydroxylation sites is 1. The van der Waals surface area contributed by atoms with E-state index in [4.69, 9.17) is 15.0 Å². The van der Waals surface area contributed by atoms with Crippen LogP contribution in [0.25, 0.3) is 11.0 Å². The molecule has 4 rings (SSSR count). The van der Waals surface area contributed by atoms with Gasteiger partial charge in [-0.25, -0.2) is 0 Å². The van der Waals surface area contributed by atoms with E-state index >= 15 is 0 Å². The summed E-state index contributed by atoms with van der Waals surface area (Å²) >= 11 is 0. The Morgan fingerprint density at radius 3 is 2.82 bits per heavy atom. The van der Waals surface area contributed by atoms with Crippen LogP contribution in [0.1, 0.15) is 43.7 Å². The Morgan fingerprint density at radius 1 is 1.14 bits per heavy atom. The molecule has 0 bridgehead atoms. The molecular formula is C18H22N2O2. The van der Waals surface area contributed by atoms with Crippen molar-refractivity contribution in [3.05, 3.63) is 48.1 Å². The maximum atomic E-state index is 5.94. The highest BCUT2D eigenvalue weighted by Gasteiger charge is 2.32. The van der Waals surface area contributed by atoms with Gasteiger partial charge in [0.25, 0.3) is 0 Å². The zero-order valence-electron chi connectivity index (χ0n) is 12.7.